The number of fused-ring (bicyclic) bond motifs is 2. The molecule has 0 aliphatic rings. The number of unbranched alkanes of at least 4 members (excludes halogenated alkanes) is 1. The molecule has 7 heteroatoms. The van der Waals surface area contributed by atoms with Crippen LogP contribution in [0.1, 0.15) is 19.8 Å². The van der Waals surface area contributed by atoms with E-state index in [1.165, 1.54) is 0 Å². The van der Waals surface area contributed by atoms with E-state index in [1.54, 1.807) is 12.7 Å². The van der Waals surface area contributed by atoms with Gasteiger partial charge in [-0.15, -0.1) is 0 Å². The lowest BCUT2D eigenvalue weighted by atomic mass is 10.3. The maximum Gasteiger partial charge on any atom is 0.226 e. The number of nitrogens with one attached hydrogen (secondary N) is 2. The van der Waals surface area contributed by atoms with Gasteiger partial charge in [0.2, 0.25) is 5.95 Å². The Morgan fingerprint density at radius 3 is 3.00 bits per heavy atom. The first-order valence-electron chi connectivity index (χ1n) is 7.74. The minimum absolute atomic E-state index is 0.600. The number of anilines is 1. The molecule has 0 aliphatic carbocycles. The van der Waals surface area contributed by atoms with E-state index in [2.05, 4.69) is 37.2 Å². The van der Waals surface area contributed by atoms with Crippen LogP contribution in [-0.2, 0) is 0 Å². The van der Waals surface area contributed by atoms with Crippen LogP contribution in [0.25, 0.3) is 28.0 Å². The van der Waals surface area contributed by atoms with E-state index in [-0.39, 0.29) is 0 Å². The predicted molar refractivity (Wildman–Crippen MR) is 89.7 cm³/mol. The minimum Gasteiger partial charge on any atom is -0.354 e. The molecule has 4 aromatic rings. The molecule has 3 heterocycles. The van der Waals surface area contributed by atoms with Crippen molar-refractivity contribution in [3.05, 3.63) is 36.9 Å². The number of imidazole rings is 2. The maximum absolute atomic E-state index is 4.66. The molecule has 0 saturated heterocycles. The molecule has 0 saturated carbocycles. The lowest BCUT2D eigenvalue weighted by molar-refractivity contribution is 0.826. The molecular formula is C16H17N7. The van der Waals surface area contributed by atoms with Gasteiger partial charge in [-0.05, 0) is 18.6 Å². The highest BCUT2D eigenvalue weighted by molar-refractivity contribution is 5.84. The second-order valence-corrected chi connectivity index (χ2v) is 5.35. The lowest BCUT2D eigenvalue weighted by Crippen LogP contribution is -2.08. The number of H-pyrrole nitrogens is 1. The molecule has 116 valence electrons. The maximum atomic E-state index is 4.66. The third kappa shape index (κ3) is 2.40. The molecule has 0 aliphatic heterocycles. The van der Waals surface area contributed by atoms with Crippen molar-refractivity contribution >= 4 is 28.1 Å². The minimum atomic E-state index is 0.600. The van der Waals surface area contributed by atoms with Gasteiger partial charge in [-0.1, -0.05) is 25.5 Å². The Bertz CT molecular complexity index is 953. The number of rotatable bonds is 5. The van der Waals surface area contributed by atoms with Gasteiger partial charge in [0.05, 0.1) is 17.4 Å². The van der Waals surface area contributed by atoms with E-state index < -0.39 is 0 Å². The molecular weight excluding hydrogens is 290 g/mol. The molecule has 0 amide bonds. The molecule has 23 heavy (non-hydrogen) atoms. The zero-order valence-electron chi connectivity index (χ0n) is 12.8. The summed E-state index contributed by atoms with van der Waals surface area (Å²) >= 11 is 0. The van der Waals surface area contributed by atoms with Gasteiger partial charge in [0, 0.05) is 6.54 Å². The molecule has 7 nitrogen and oxygen atoms in total. The van der Waals surface area contributed by atoms with Gasteiger partial charge in [0.1, 0.15) is 6.33 Å². The third-order valence-electron chi connectivity index (χ3n) is 3.76. The van der Waals surface area contributed by atoms with Crippen molar-refractivity contribution < 1.29 is 0 Å². The summed E-state index contributed by atoms with van der Waals surface area (Å²) in [6.45, 7) is 3.00. The van der Waals surface area contributed by atoms with Crippen LogP contribution < -0.4 is 5.32 Å². The number of para-hydroxylation sites is 2. The van der Waals surface area contributed by atoms with Crippen LogP contribution in [0.3, 0.4) is 0 Å². The Morgan fingerprint density at radius 1 is 1.17 bits per heavy atom. The average molecular weight is 307 g/mol. The smallest absolute Gasteiger partial charge is 0.226 e. The summed E-state index contributed by atoms with van der Waals surface area (Å²) in [5.74, 6) is 1.33. The fourth-order valence-electron chi connectivity index (χ4n) is 2.57. The predicted octanol–water partition coefficient (Wildman–Crippen LogP) is 2.90. The van der Waals surface area contributed by atoms with Crippen LogP contribution in [0.4, 0.5) is 5.95 Å². The second kappa shape index (κ2) is 5.68. The SMILES string of the molecule is CCCCNc1nc(-n2cnc3ccccc32)c2nc[nH]c2n1. The fourth-order valence-corrected chi connectivity index (χ4v) is 2.57. The van der Waals surface area contributed by atoms with Crippen molar-refractivity contribution in [3.63, 3.8) is 0 Å². The Balaban J connectivity index is 1.86. The lowest BCUT2D eigenvalue weighted by Gasteiger charge is -2.08. The molecule has 4 rings (SSSR count). The van der Waals surface area contributed by atoms with Crippen molar-refractivity contribution in [3.8, 4) is 5.82 Å². The van der Waals surface area contributed by atoms with Crippen LogP contribution in [0.5, 0.6) is 0 Å². The van der Waals surface area contributed by atoms with Crippen LogP contribution in [-0.4, -0.2) is 36.0 Å². The van der Waals surface area contributed by atoms with Crippen LogP contribution >= 0.6 is 0 Å². The first-order valence-corrected chi connectivity index (χ1v) is 7.74. The van der Waals surface area contributed by atoms with Gasteiger partial charge >= 0.3 is 0 Å². The zero-order chi connectivity index (χ0) is 15.6. The molecule has 0 spiro atoms. The normalized spacial score (nSPS) is 11.3. The summed E-state index contributed by atoms with van der Waals surface area (Å²) in [5, 5.41) is 3.27. The van der Waals surface area contributed by atoms with Crippen LogP contribution in [0, 0.1) is 0 Å². The monoisotopic (exact) mass is 307 g/mol. The van der Waals surface area contributed by atoms with Crippen molar-refractivity contribution in [2.24, 2.45) is 0 Å². The van der Waals surface area contributed by atoms with E-state index in [1.807, 2.05) is 28.8 Å². The number of benzene rings is 1. The Morgan fingerprint density at radius 2 is 2.09 bits per heavy atom. The van der Waals surface area contributed by atoms with Crippen molar-refractivity contribution in [2.45, 2.75) is 19.8 Å². The largest absolute Gasteiger partial charge is 0.354 e. The molecule has 0 radical (unpaired) electrons. The number of nitrogens with zero attached hydrogens (tertiary/aromatic N) is 5. The topological polar surface area (TPSA) is 84.3 Å². The van der Waals surface area contributed by atoms with Gasteiger partial charge in [0.25, 0.3) is 0 Å². The Labute approximate surface area is 132 Å². The summed E-state index contributed by atoms with van der Waals surface area (Å²) in [4.78, 5) is 21.0. The van der Waals surface area contributed by atoms with Gasteiger partial charge in [-0.3, -0.25) is 4.57 Å². The highest BCUT2D eigenvalue weighted by atomic mass is 15.2. The summed E-state index contributed by atoms with van der Waals surface area (Å²) < 4.78 is 1.95. The Hall–Kier alpha value is -2.96. The van der Waals surface area contributed by atoms with Gasteiger partial charge < -0.3 is 10.3 Å². The summed E-state index contributed by atoms with van der Waals surface area (Å²) in [6.07, 6.45) is 5.61. The Kier molecular flexibility index (Phi) is 3.38. The highest BCUT2D eigenvalue weighted by Gasteiger charge is 2.14. The molecule has 0 fully saturated rings. The number of hydrogen-bond donors (Lipinski definition) is 2. The highest BCUT2D eigenvalue weighted by Crippen LogP contribution is 2.22. The third-order valence-corrected chi connectivity index (χ3v) is 3.76. The molecule has 2 N–H and O–H groups in total. The van der Waals surface area contributed by atoms with Crippen LogP contribution in [0.2, 0.25) is 0 Å². The van der Waals surface area contributed by atoms with E-state index in [0.717, 1.165) is 41.8 Å². The second-order valence-electron chi connectivity index (χ2n) is 5.35. The van der Waals surface area contributed by atoms with Gasteiger partial charge in [-0.2, -0.15) is 9.97 Å². The molecule has 0 bridgehead atoms. The van der Waals surface area contributed by atoms with E-state index >= 15 is 0 Å². The average Bonchev–Trinajstić information content (AvgIpc) is 3.21. The quantitative estimate of drug-likeness (QED) is 0.554. The molecule has 3 aromatic heterocycles. The molecule has 0 unspecified atom stereocenters. The summed E-state index contributed by atoms with van der Waals surface area (Å²) in [5.41, 5.74) is 3.37. The van der Waals surface area contributed by atoms with E-state index in [0.29, 0.717) is 11.6 Å². The standard InChI is InChI=1S/C16H17N7/c1-2-3-8-17-16-21-14-13(18-9-19-14)15(22-16)23-10-20-11-6-4-5-7-12(11)23/h4-7,9-10H,2-3,8H2,1H3,(H2,17,18,19,21,22). The first-order chi connectivity index (χ1) is 11.4. The number of aromatic nitrogens is 6. The fraction of sp³-hybridized carbons (Fsp3) is 0.250. The zero-order valence-corrected chi connectivity index (χ0v) is 12.8. The van der Waals surface area contributed by atoms with E-state index in [4.69, 9.17) is 0 Å². The van der Waals surface area contributed by atoms with Crippen molar-refractivity contribution in [2.75, 3.05) is 11.9 Å². The molecule has 0 atom stereocenters. The van der Waals surface area contributed by atoms with Crippen LogP contribution in [0.15, 0.2) is 36.9 Å². The number of hydrogen-bond acceptors (Lipinski definition) is 5. The van der Waals surface area contributed by atoms with E-state index in [9.17, 15) is 0 Å². The van der Waals surface area contributed by atoms with Crippen molar-refractivity contribution in [1.29, 1.82) is 0 Å². The van der Waals surface area contributed by atoms with Gasteiger partial charge in [-0.25, -0.2) is 9.97 Å². The summed E-state index contributed by atoms with van der Waals surface area (Å²) in [6, 6.07) is 7.97. The number of aromatic amines is 1. The van der Waals surface area contributed by atoms with Gasteiger partial charge in [0.15, 0.2) is 17.0 Å². The first kappa shape index (κ1) is 13.7. The molecule has 1 aromatic carbocycles. The van der Waals surface area contributed by atoms with Crippen molar-refractivity contribution in [1.82, 2.24) is 29.5 Å². The summed E-state index contributed by atoms with van der Waals surface area (Å²) in [7, 11) is 0.